The molecule has 0 unspecified atom stereocenters. The van der Waals surface area contributed by atoms with Gasteiger partial charge >= 0.3 is 0 Å². The summed E-state index contributed by atoms with van der Waals surface area (Å²) in [5.74, 6) is 0.482. The van der Waals surface area contributed by atoms with E-state index < -0.39 is 5.91 Å². The summed E-state index contributed by atoms with van der Waals surface area (Å²) in [6.45, 7) is 1.72. The maximum atomic E-state index is 12.1. The average molecular weight is 349 g/mol. The van der Waals surface area contributed by atoms with Gasteiger partial charge in [-0.2, -0.15) is 5.10 Å². The van der Waals surface area contributed by atoms with Gasteiger partial charge in [0.2, 0.25) is 0 Å². The Morgan fingerprint density at radius 2 is 1.88 bits per heavy atom. The van der Waals surface area contributed by atoms with E-state index in [-0.39, 0.29) is 11.3 Å². The molecule has 0 saturated heterocycles. The quantitative estimate of drug-likeness (QED) is 0.642. The molecule has 0 radical (unpaired) electrons. The second-order valence-electron chi connectivity index (χ2n) is 4.87. The minimum absolute atomic E-state index is 0.0386. The summed E-state index contributed by atoms with van der Waals surface area (Å²) in [6.07, 6.45) is 0. The SMILES string of the molecule is COc1ccc(OC)c(/C(C)=N\NC(=O)c2cc(Cl)ccc2O)c1. The van der Waals surface area contributed by atoms with E-state index >= 15 is 0 Å². The number of halogens is 1. The lowest BCUT2D eigenvalue weighted by atomic mass is 10.1. The number of aromatic hydroxyl groups is 1. The summed E-state index contributed by atoms with van der Waals surface area (Å²) in [6, 6.07) is 9.46. The number of carbonyl (C=O) groups excluding carboxylic acids is 1. The van der Waals surface area contributed by atoms with Crippen LogP contribution in [0.1, 0.15) is 22.8 Å². The van der Waals surface area contributed by atoms with Crippen molar-refractivity contribution in [3.63, 3.8) is 0 Å². The normalized spacial score (nSPS) is 11.1. The lowest BCUT2D eigenvalue weighted by molar-refractivity contribution is 0.0952. The van der Waals surface area contributed by atoms with Crippen LogP contribution >= 0.6 is 11.6 Å². The molecule has 0 atom stereocenters. The molecule has 2 aromatic carbocycles. The molecule has 6 nitrogen and oxygen atoms in total. The zero-order chi connectivity index (χ0) is 17.7. The highest BCUT2D eigenvalue weighted by Crippen LogP contribution is 2.25. The Bertz CT molecular complexity index is 790. The van der Waals surface area contributed by atoms with E-state index in [4.69, 9.17) is 21.1 Å². The van der Waals surface area contributed by atoms with Crippen molar-refractivity contribution in [2.75, 3.05) is 14.2 Å². The Labute approximate surface area is 144 Å². The van der Waals surface area contributed by atoms with Gasteiger partial charge in [-0.25, -0.2) is 5.43 Å². The van der Waals surface area contributed by atoms with Crippen LogP contribution in [-0.2, 0) is 0 Å². The van der Waals surface area contributed by atoms with Gasteiger partial charge in [-0.3, -0.25) is 4.79 Å². The lowest BCUT2D eigenvalue weighted by Gasteiger charge is -2.10. The number of rotatable bonds is 5. The van der Waals surface area contributed by atoms with Gasteiger partial charge in [0.05, 0.1) is 25.5 Å². The number of phenols is 1. The number of benzene rings is 2. The molecule has 126 valence electrons. The molecule has 0 saturated carbocycles. The van der Waals surface area contributed by atoms with Gasteiger partial charge in [0.25, 0.3) is 5.91 Å². The monoisotopic (exact) mass is 348 g/mol. The van der Waals surface area contributed by atoms with Crippen molar-refractivity contribution < 1.29 is 19.4 Å². The van der Waals surface area contributed by atoms with Crippen LogP contribution in [0.25, 0.3) is 0 Å². The van der Waals surface area contributed by atoms with Gasteiger partial charge in [-0.1, -0.05) is 11.6 Å². The highest BCUT2D eigenvalue weighted by atomic mass is 35.5. The van der Waals surface area contributed by atoms with Crippen molar-refractivity contribution in [2.24, 2.45) is 5.10 Å². The standard InChI is InChI=1S/C17H17ClN2O4/c1-10(13-9-12(23-2)5-7-16(13)24-3)19-20-17(22)14-8-11(18)4-6-15(14)21/h4-9,21H,1-3H3,(H,20,22)/b19-10-. The van der Waals surface area contributed by atoms with Gasteiger partial charge in [0.15, 0.2) is 0 Å². The third-order valence-corrected chi connectivity index (χ3v) is 3.56. The molecule has 7 heteroatoms. The van der Waals surface area contributed by atoms with E-state index in [9.17, 15) is 9.90 Å². The first kappa shape index (κ1) is 17.6. The van der Waals surface area contributed by atoms with Crippen LogP contribution in [0, 0.1) is 0 Å². The highest BCUT2D eigenvalue weighted by Gasteiger charge is 2.13. The first-order chi connectivity index (χ1) is 11.5. The molecule has 0 aliphatic rings. The van der Waals surface area contributed by atoms with Crippen molar-refractivity contribution in [1.29, 1.82) is 0 Å². The van der Waals surface area contributed by atoms with E-state index in [1.165, 1.54) is 18.2 Å². The smallest absolute Gasteiger partial charge is 0.275 e. The van der Waals surface area contributed by atoms with E-state index in [1.54, 1.807) is 39.3 Å². The van der Waals surface area contributed by atoms with E-state index in [2.05, 4.69) is 10.5 Å². The zero-order valence-electron chi connectivity index (χ0n) is 13.5. The summed E-state index contributed by atoms with van der Waals surface area (Å²) in [5.41, 5.74) is 3.61. The number of nitrogens with zero attached hydrogens (tertiary/aromatic N) is 1. The van der Waals surface area contributed by atoms with Crippen LogP contribution in [-0.4, -0.2) is 30.9 Å². The highest BCUT2D eigenvalue weighted by molar-refractivity contribution is 6.31. The topological polar surface area (TPSA) is 80.2 Å². The van der Waals surface area contributed by atoms with Crippen molar-refractivity contribution in [3.05, 3.63) is 52.5 Å². The Hall–Kier alpha value is -2.73. The fraction of sp³-hybridized carbons (Fsp3) is 0.176. The van der Waals surface area contributed by atoms with Crippen molar-refractivity contribution >= 4 is 23.2 Å². The second kappa shape index (κ2) is 7.70. The van der Waals surface area contributed by atoms with Gasteiger partial charge in [0.1, 0.15) is 17.2 Å². The summed E-state index contributed by atoms with van der Waals surface area (Å²) < 4.78 is 10.5. The maximum Gasteiger partial charge on any atom is 0.275 e. The molecule has 2 N–H and O–H groups in total. The number of methoxy groups -OCH3 is 2. The fourth-order valence-corrected chi connectivity index (χ4v) is 2.21. The number of ether oxygens (including phenoxy) is 2. The lowest BCUT2D eigenvalue weighted by Crippen LogP contribution is -2.19. The van der Waals surface area contributed by atoms with E-state index in [0.29, 0.717) is 27.8 Å². The number of carbonyl (C=O) groups is 1. The van der Waals surface area contributed by atoms with Crippen LogP contribution < -0.4 is 14.9 Å². The molecular weight excluding hydrogens is 332 g/mol. The number of amides is 1. The van der Waals surface area contributed by atoms with Crippen LogP contribution in [0.15, 0.2) is 41.5 Å². The molecule has 2 rings (SSSR count). The number of nitrogens with one attached hydrogen (secondary N) is 1. The largest absolute Gasteiger partial charge is 0.507 e. The molecule has 1 amide bonds. The summed E-state index contributed by atoms with van der Waals surface area (Å²) >= 11 is 5.84. The van der Waals surface area contributed by atoms with E-state index in [1.807, 2.05) is 0 Å². The molecule has 0 spiro atoms. The number of hydrazone groups is 1. The van der Waals surface area contributed by atoms with Crippen LogP contribution in [0.4, 0.5) is 0 Å². The fourth-order valence-electron chi connectivity index (χ4n) is 2.04. The molecule has 0 heterocycles. The predicted molar refractivity (Wildman–Crippen MR) is 92.3 cm³/mol. The molecule has 0 aromatic heterocycles. The maximum absolute atomic E-state index is 12.1. The molecule has 24 heavy (non-hydrogen) atoms. The average Bonchev–Trinajstić information content (AvgIpc) is 2.60. The molecule has 2 aromatic rings. The summed E-state index contributed by atoms with van der Waals surface area (Å²) in [5, 5.41) is 14.1. The molecular formula is C17H17ClN2O4. The van der Waals surface area contributed by atoms with Gasteiger partial charge in [-0.05, 0) is 43.3 Å². The number of hydrogen-bond acceptors (Lipinski definition) is 5. The number of hydrogen-bond donors (Lipinski definition) is 2. The molecule has 0 bridgehead atoms. The van der Waals surface area contributed by atoms with Gasteiger partial charge in [0, 0.05) is 10.6 Å². The third kappa shape index (κ3) is 3.97. The van der Waals surface area contributed by atoms with Crippen molar-refractivity contribution in [2.45, 2.75) is 6.92 Å². The first-order valence-electron chi connectivity index (χ1n) is 7.01. The minimum Gasteiger partial charge on any atom is -0.507 e. The van der Waals surface area contributed by atoms with E-state index in [0.717, 1.165) is 0 Å². The predicted octanol–water partition coefficient (Wildman–Crippen LogP) is 3.22. The van der Waals surface area contributed by atoms with Crippen molar-refractivity contribution in [3.8, 4) is 17.2 Å². The second-order valence-corrected chi connectivity index (χ2v) is 5.30. The molecule has 0 fully saturated rings. The van der Waals surface area contributed by atoms with Crippen molar-refractivity contribution in [1.82, 2.24) is 5.43 Å². The third-order valence-electron chi connectivity index (χ3n) is 3.32. The Balaban J connectivity index is 2.25. The number of phenolic OH excluding ortho intramolecular Hbond substituents is 1. The first-order valence-corrected chi connectivity index (χ1v) is 7.39. The summed E-state index contributed by atoms with van der Waals surface area (Å²) in [4.78, 5) is 12.1. The Morgan fingerprint density at radius 1 is 1.12 bits per heavy atom. The van der Waals surface area contributed by atoms with Gasteiger partial charge in [-0.15, -0.1) is 0 Å². The van der Waals surface area contributed by atoms with Crippen LogP contribution in [0.5, 0.6) is 17.2 Å². The Kier molecular flexibility index (Phi) is 5.65. The van der Waals surface area contributed by atoms with Crippen LogP contribution in [0.3, 0.4) is 0 Å². The minimum atomic E-state index is -0.573. The zero-order valence-corrected chi connectivity index (χ0v) is 14.2. The van der Waals surface area contributed by atoms with Crippen LogP contribution in [0.2, 0.25) is 5.02 Å². The summed E-state index contributed by atoms with van der Waals surface area (Å²) in [7, 11) is 3.10. The molecule has 0 aliphatic heterocycles. The molecule has 0 aliphatic carbocycles. The van der Waals surface area contributed by atoms with Gasteiger partial charge < -0.3 is 14.6 Å². The Morgan fingerprint density at radius 3 is 2.54 bits per heavy atom.